The minimum absolute atomic E-state index is 0.0321. The average Bonchev–Trinajstić information content (AvgIpc) is 3.19. The summed E-state index contributed by atoms with van der Waals surface area (Å²) in [6, 6.07) is 15.9. The van der Waals surface area contributed by atoms with Crippen molar-refractivity contribution in [2.24, 2.45) is 0 Å². The van der Waals surface area contributed by atoms with Crippen molar-refractivity contribution < 1.29 is 4.79 Å². The fraction of sp³-hybridized carbons (Fsp3) is 0.167. The lowest BCUT2D eigenvalue weighted by Gasteiger charge is -2.20. The molecule has 34 heavy (non-hydrogen) atoms. The number of hydrogen-bond acceptors (Lipinski definition) is 7. The number of fused-ring (bicyclic) bond motifs is 2. The fourth-order valence-electron chi connectivity index (χ4n) is 4.13. The Balaban J connectivity index is 1.64. The van der Waals surface area contributed by atoms with Crippen LogP contribution in [0.15, 0.2) is 65.6 Å². The predicted octanol–water partition coefficient (Wildman–Crippen LogP) is 2.46. The summed E-state index contributed by atoms with van der Waals surface area (Å²) in [5, 5.41) is 15.1. The summed E-state index contributed by atoms with van der Waals surface area (Å²) in [6.07, 6.45) is 2.16. The third kappa shape index (κ3) is 3.45. The van der Waals surface area contributed by atoms with E-state index >= 15 is 0 Å². The van der Waals surface area contributed by atoms with Gasteiger partial charge in [0.1, 0.15) is 16.9 Å². The average molecular weight is 454 g/mol. The van der Waals surface area contributed by atoms with Gasteiger partial charge in [-0.15, -0.1) is 14.8 Å². The zero-order chi connectivity index (χ0) is 23.8. The van der Waals surface area contributed by atoms with Gasteiger partial charge < -0.3 is 11.1 Å². The van der Waals surface area contributed by atoms with E-state index in [1.54, 1.807) is 17.6 Å². The van der Waals surface area contributed by atoms with Crippen molar-refractivity contribution in [3.63, 3.8) is 0 Å². The summed E-state index contributed by atoms with van der Waals surface area (Å²) in [5.74, 6) is -0.0193. The van der Waals surface area contributed by atoms with Crippen LogP contribution in [0.4, 0.5) is 5.82 Å². The van der Waals surface area contributed by atoms with E-state index in [0.717, 1.165) is 5.56 Å². The molecule has 5 rings (SSSR count). The van der Waals surface area contributed by atoms with E-state index in [2.05, 4.69) is 20.7 Å². The van der Waals surface area contributed by atoms with Crippen LogP contribution in [-0.4, -0.2) is 35.5 Å². The van der Waals surface area contributed by atoms with Crippen molar-refractivity contribution in [2.45, 2.75) is 26.3 Å². The van der Waals surface area contributed by atoms with Crippen LogP contribution >= 0.6 is 0 Å². The Bertz CT molecular complexity index is 1590. The van der Waals surface area contributed by atoms with Crippen LogP contribution in [0.1, 0.15) is 41.6 Å². The first-order valence-corrected chi connectivity index (χ1v) is 10.9. The molecule has 0 saturated carbocycles. The Morgan fingerprint density at radius 2 is 1.91 bits per heavy atom. The number of hydrogen-bond donors (Lipinski definition) is 2. The Morgan fingerprint density at radius 1 is 1.12 bits per heavy atom. The predicted molar refractivity (Wildman–Crippen MR) is 128 cm³/mol. The number of anilines is 1. The monoisotopic (exact) mass is 454 g/mol. The number of carbonyl (C=O) groups is 1. The quantitative estimate of drug-likeness (QED) is 0.417. The van der Waals surface area contributed by atoms with E-state index in [4.69, 9.17) is 10.7 Å². The van der Waals surface area contributed by atoms with Gasteiger partial charge >= 0.3 is 0 Å². The molecule has 170 valence electrons. The molecule has 1 atom stereocenters. The second kappa shape index (κ2) is 8.39. The van der Waals surface area contributed by atoms with Crippen LogP contribution < -0.4 is 16.6 Å². The normalized spacial score (nSPS) is 12.2. The molecule has 3 N–H and O–H groups in total. The fourth-order valence-corrected chi connectivity index (χ4v) is 4.13. The molecule has 3 heterocycles. The lowest BCUT2D eigenvalue weighted by atomic mass is 10.1. The second-order valence-corrected chi connectivity index (χ2v) is 7.86. The summed E-state index contributed by atoms with van der Waals surface area (Å²) in [5.41, 5.74) is 8.58. The molecule has 0 aliphatic heterocycles. The molecule has 0 aliphatic rings. The van der Waals surface area contributed by atoms with E-state index in [0.29, 0.717) is 34.4 Å². The molecule has 0 unspecified atom stereocenters. The number of nitrogens with two attached hydrogens (primary N) is 1. The van der Waals surface area contributed by atoms with Gasteiger partial charge in [0.25, 0.3) is 11.5 Å². The molecule has 5 aromatic rings. The Morgan fingerprint density at radius 3 is 2.68 bits per heavy atom. The molecule has 0 fully saturated rings. The van der Waals surface area contributed by atoms with Gasteiger partial charge in [0.2, 0.25) is 0 Å². The topological polar surface area (TPSA) is 133 Å². The molecule has 3 aromatic heterocycles. The van der Waals surface area contributed by atoms with Crippen LogP contribution in [0.2, 0.25) is 0 Å². The first kappa shape index (κ1) is 21.3. The van der Waals surface area contributed by atoms with Crippen molar-refractivity contribution >= 4 is 28.1 Å². The summed E-state index contributed by atoms with van der Waals surface area (Å²) < 4.78 is 2.76. The zero-order valence-electron chi connectivity index (χ0n) is 18.6. The number of carbonyl (C=O) groups excluding carboxylic acids is 1. The van der Waals surface area contributed by atoms with Gasteiger partial charge in [-0.05, 0) is 48.4 Å². The third-order valence-electron chi connectivity index (χ3n) is 5.73. The van der Waals surface area contributed by atoms with Crippen molar-refractivity contribution in [3.8, 4) is 5.69 Å². The van der Waals surface area contributed by atoms with E-state index in [1.807, 2.05) is 55.5 Å². The van der Waals surface area contributed by atoms with Crippen LogP contribution in [0.25, 0.3) is 22.1 Å². The van der Waals surface area contributed by atoms with E-state index < -0.39 is 11.9 Å². The number of rotatable bonds is 5. The minimum atomic E-state index is -0.626. The molecule has 10 nitrogen and oxygen atoms in total. The molecule has 10 heteroatoms. The third-order valence-corrected chi connectivity index (χ3v) is 5.73. The van der Waals surface area contributed by atoms with Crippen molar-refractivity contribution in [3.05, 3.63) is 88.1 Å². The minimum Gasteiger partial charge on any atom is -0.381 e. The number of nitrogens with zero attached hydrogens (tertiary/aromatic N) is 6. The first-order chi connectivity index (χ1) is 16.5. The molecule has 2 aromatic carbocycles. The van der Waals surface area contributed by atoms with Gasteiger partial charge in [-0.3, -0.25) is 14.2 Å². The number of para-hydroxylation sites is 1. The Hall–Kier alpha value is -4.60. The summed E-state index contributed by atoms with van der Waals surface area (Å²) in [6.45, 7) is 3.78. The van der Waals surface area contributed by atoms with Crippen LogP contribution in [0.5, 0.6) is 0 Å². The van der Waals surface area contributed by atoms with E-state index in [-0.39, 0.29) is 16.9 Å². The second-order valence-electron chi connectivity index (χ2n) is 7.86. The van der Waals surface area contributed by atoms with Gasteiger partial charge in [0, 0.05) is 0 Å². The van der Waals surface area contributed by atoms with Gasteiger partial charge in [-0.1, -0.05) is 37.3 Å². The Kier molecular flexibility index (Phi) is 5.25. The first-order valence-electron chi connectivity index (χ1n) is 10.9. The highest BCUT2D eigenvalue weighted by Crippen LogP contribution is 2.22. The highest BCUT2D eigenvalue weighted by atomic mass is 16.2. The molecular weight excluding hydrogens is 432 g/mol. The van der Waals surface area contributed by atoms with Crippen molar-refractivity contribution in [1.82, 2.24) is 34.9 Å². The number of aromatic nitrogens is 6. The number of aryl methyl sites for hydroxylation is 1. The summed E-state index contributed by atoms with van der Waals surface area (Å²) >= 11 is 0. The Labute approximate surface area is 194 Å². The number of nitrogen functional groups attached to an aromatic ring is 1. The SMILES string of the molecule is CCc1cccc2nc([C@H](C)NC(=O)c3c(N)nn4nnccc34)n(-c3ccccc3)c(=O)c12. The molecule has 1 amide bonds. The lowest BCUT2D eigenvalue weighted by Crippen LogP contribution is -2.33. The molecular formula is C24H22N8O2. The van der Waals surface area contributed by atoms with Crippen LogP contribution in [-0.2, 0) is 6.42 Å². The van der Waals surface area contributed by atoms with Gasteiger partial charge in [-0.2, -0.15) is 0 Å². The maximum Gasteiger partial charge on any atom is 0.266 e. The zero-order valence-corrected chi connectivity index (χ0v) is 18.6. The summed E-state index contributed by atoms with van der Waals surface area (Å²) in [7, 11) is 0. The number of amides is 1. The standard InChI is InChI=1S/C24H22N8O2/c1-3-15-8-7-11-17-19(15)24(34)31(16-9-5-4-6-10-16)22(28-17)14(2)27-23(33)20-18-12-13-26-30-32(18)29-21(20)25/h4-14H,3H2,1-2H3,(H2,25,29)(H,27,33)/t14-/m0/s1. The largest absolute Gasteiger partial charge is 0.381 e. The van der Waals surface area contributed by atoms with Crippen LogP contribution in [0.3, 0.4) is 0 Å². The van der Waals surface area contributed by atoms with Crippen molar-refractivity contribution in [1.29, 1.82) is 0 Å². The highest BCUT2D eigenvalue weighted by Gasteiger charge is 2.24. The van der Waals surface area contributed by atoms with Gasteiger partial charge in [0.15, 0.2) is 5.82 Å². The smallest absolute Gasteiger partial charge is 0.266 e. The maximum absolute atomic E-state index is 13.7. The van der Waals surface area contributed by atoms with Crippen molar-refractivity contribution in [2.75, 3.05) is 5.73 Å². The van der Waals surface area contributed by atoms with Gasteiger partial charge in [-0.25, -0.2) is 4.98 Å². The molecule has 0 saturated heterocycles. The maximum atomic E-state index is 13.7. The molecule has 0 aliphatic carbocycles. The summed E-state index contributed by atoms with van der Waals surface area (Å²) in [4.78, 5) is 31.8. The number of nitrogens with one attached hydrogen (secondary N) is 1. The lowest BCUT2D eigenvalue weighted by molar-refractivity contribution is 0.0940. The molecule has 0 radical (unpaired) electrons. The van der Waals surface area contributed by atoms with Crippen LogP contribution in [0, 0.1) is 0 Å². The molecule has 0 bridgehead atoms. The van der Waals surface area contributed by atoms with E-state index in [9.17, 15) is 9.59 Å². The highest BCUT2D eigenvalue weighted by molar-refractivity contribution is 6.05. The number of benzene rings is 2. The van der Waals surface area contributed by atoms with E-state index in [1.165, 1.54) is 10.8 Å². The van der Waals surface area contributed by atoms with Gasteiger partial charge in [0.05, 0.1) is 28.8 Å². The molecule has 0 spiro atoms.